The van der Waals surface area contributed by atoms with Crippen molar-refractivity contribution in [3.63, 3.8) is 0 Å². The standard InChI is InChI=1S/C37H45N3O6S/c1-7-45-34(41)23-30-29-13-8-9-14-31(29)38-33(30)24-47-20-19-25-11-10-12-26(21-25)22-32(39-36(43)46-37(2,3)4)35(42)40(5)27-15-17-28(44-6)18-16-27/h8-18,21,32,38H,7,19-20,22-24H2,1-6H3,(H,39,43)/t32-/m0/s1. The predicted octanol–water partition coefficient (Wildman–Crippen LogP) is 6.86. The maximum Gasteiger partial charge on any atom is 0.408 e. The number of nitrogens with zero attached hydrogens (tertiary/aromatic N) is 1. The number of hydrogen-bond acceptors (Lipinski definition) is 7. The highest BCUT2D eigenvalue weighted by Gasteiger charge is 2.28. The molecular formula is C37H45N3O6S. The maximum atomic E-state index is 13.7. The molecule has 10 heteroatoms. The number of amides is 2. The fourth-order valence-corrected chi connectivity index (χ4v) is 6.24. The number of aryl methyl sites for hydroxylation is 1. The maximum absolute atomic E-state index is 13.7. The molecule has 47 heavy (non-hydrogen) atoms. The van der Waals surface area contributed by atoms with Crippen LogP contribution in [0.25, 0.3) is 10.9 Å². The van der Waals surface area contributed by atoms with Gasteiger partial charge in [0, 0.05) is 41.5 Å². The summed E-state index contributed by atoms with van der Waals surface area (Å²) >= 11 is 1.79. The highest BCUT2D eigenvalue weighted by molar-refractivity contribution is 7.98. The number of aromatic amines is 1. The average Bonchev–Trinajstić information content (AvgIpc) is 3.38. The molecule has 250 valence electrons. The molecule has 0 unspecified atom stereocenters. The number of carbonyl (C=O) groups excluding carboxylic acids is 3. The van der Waals surface area contributed by atoms with E-state index in [-0.39, 0.29) is 18.3 Å². The van der Waals surface area contributed by atoms with Gasteiger partial charge in [-0.05, 0) is 86.9 Å². The molecule has 0 aliphatic carbocycles. The molecule has 0 bridgehead atoms. The molecule has 2 N–H and O–H groups in total. The van der Waals surface area contributed by atoms with Gasteiger partial charge in [-0.25, -0.2) is 4.79 Å². The SMILES string of the molecule is CCOC(=O)Cc1c(CSCCc2cccc(C[C@H](NC(=O)OC(C)(C)C)C(=O)N(C)c3ccc(OC)cc3)c2)[nH]c2ccccc12. The first-order valence-electron chi connectivity index (χ1n) is 15.8. The van der Waals surface area contributed by atoms with E-state index in [1.807, 2.05) is 43.3 Å². The first-order chi connectivity index (χ1) is 22.5. The summed E-state index contributed by atoms with van der Waals surface area (Å²) in [4.78, 5) is 43.9. The zero-order valence-electron chi connectivity index (χ0n) is 28.1. The smallest absolute Gasteiger partial charge is 0.408 e. The lowest BCUT2D eigenvalue weighted by atomic mass is 10.0. The third kappa shape index (κ3) is 10.3. The number of likely N-dealkylation sites (N-methyl/N-ethyl adjacent to an activating group) is 1. The molecule has 0 spiro atoms. The van der Waals surface area contributed by atoms with Crippen LogP contribution in [0.5, 0.6) is 5.75 Å². The molecule has 0 fully saturated rings. The summed E-state index contributed by atoms with van der Waals surface area (Å²) in [6.45, 7) is 7.53. The van der Waals surface area contributed by atoms with Crippen molar-refractivity contribution in [3.05, 3.63) is 95.2 Å². The van der Waals surface area contributed by atoms with E-state index in [0.717, 1.165) is 51.2 Å². The zero-order valence-corrected chi connectivity index (χ0v) is 28.9. The third-order valence-electron chi connectivity index (χ3n) is 7.52. The van der Waals surface area contributed by atoms with Crippen LogP contribution in [0.15, 0.2) is 72.8 Å². The second-order valence-corrected chi connectivity index (χ2v) is 13.3. The molecule has 9 nitrogen and oxygen atoms in total. The summed E-state index contributed by atoms with van der Waals surface area (Å²) in [5.74, 6) is 1.78. The number of aromatic nitrogens is 1. The predicted molar refractivity (Wildman–Crippen MR) is 188 cm³/mol. The number of rotatable bonds is 14. The van der Waals surface area contributed by atoms with Crippen molar-refractivity contribution in [3.8, 4) is 5.75 Å². The van der Waals surface area contributed by atoms with Gasteiger partial charge in [0.05, 0.1) is 20.1 Å². The number of ether oxygens (including phenoxy) is 3. The summed E-state index contributed by atoms with van der Waals surface area (Å²) in [6, 6.07) is 22.4. The van der Waals surface area contributed by atoms with Gasteiger partial charge in [-0.15, -0.1) is 0 Å². The number of esters is 1. The molecule has 0 saturated heterocycles. The quantitative estimate of drug-likeness (QED) is 0.112. The number of para-hydroxylation sites is 1. The highest BCUT2D eigenvalue weighted by Crippen LogP contribution is 2.27. The Labute approximate surface area is 281 Å². The molecule has 4 aromatic rings. The van der Waals surface area contributed by atoms with Crippen molar-refractivity contribution in [1.29, 1.82) is 0 Å². The van der Waals surface area contributed by atoms with Crippen LogP contribution in [0.1, 0.15) is 50.1 Å². The number of carbonyl (C=O) groups is 3. The van der Waals surface area contributed by atoms with E-state index in [1.165, 1.54) is 4.90 Å². The van der Waals surface area contributed by atoms with Gasteiger partial charge in [0.25, 0.3) is 0 Å². The van der Waals surface area contributed by atoms with Gasteiger partial charge < -0.3 is 29.4 Å². The lowest BCUT2D eigenvalue weighted by Crippen LogP contribution is -2.50. The van der Waals surface area contributed by atoms with Gasteiger partial charge in [-0.2, -0.15) is 11.8 Å². The van der Waals surface area contributed by atoms with Gasteiger partial charge in [0.15, 0.2) is 0 Å². The Bertz CT molecular complexity index is 1660. The third-order valence-corrected chi connectivity index (χ3v) is 8.51. The zero-order chi connectivity index (χ0) is 34.0. The summed E-state index contributed by atoms with van der Waals surface area (Å²) in [5.41, 5.74) is 5.07. The molecule has 0 radical (unpaired) electrons. The van der Waals surface area contributed by atoms with Gasteiger partial charge in [-0.1, -0.05) is 42.5 Å². The topological polar surface area (TPSA) is 110 Å². The number of benzene rings is 3. The molecule has 0 aliphatic rings. The summed E-state index contributed by atoms with van der Waals surface area (Å²) in [7, 11) is 3.28. The minimum atomic E-state index is -0.846. The van der Waals surface area contributed by atoms with E-state index < -0.39 is 17.7 Å². The molecule has 3 aromatic carbocycles. The number of hydrogen-bond donors (Lipinski definition) is 2. The Balaban J connectivity index is 1.43. The van der Waals surface area contributed by atoms with Crippen molar-refractivity contribution in [2.45, 2.75) is 64.4 Å². The number of H-pyrrole nitrogens is 1. The fraction of sp³-hybridized carbons (Fsp3) is 0.378. The highest BCUT2D eigenvalue weighted by atomic mass is 32.2. The van der Waals surface area contributed by atoms with Crippen LogP contribution in [0, 0.1) is 0 Å². The lowest BCUT2D eigenvalue weighted by molar-refractivity contribution is -0.142. The van der Waals surface area contributed by atoms with Crippen molar-refractivity contribution in [1.82, 2.24) is 10.3 Å². The van der Waals surface area contributed by atoms with Crippen molar-refractivity contribution < 1.29 is 28.6 Å². The van der Waals surface area contributed by atoms with Crippen LogP contribution in [0.2, 0.25) is 0 Å². The summed E-state index contributed by atoms with van der Waals surface area (Å²) < 4.78 is 16.0. The van der Waals surface area contributed by atoms with Gasteiger partial charge >= 0.3 is 12.1 Å². The number of nitrogens with one attached hydrogen (secondary N) is 2. The summed E-state index contributed by atoms with van der Waals surface area (Å²) in [6.07, 6.45) is 0.702. The second kappa shape index (κ2) is 16.4. The van der Waals surface area contributed by atoms with Gasteiger partial charge in [0.1, 0.15) is 17.4 Å². The van der Waals surface area contributed by atoms with Gasteiger partial charge in [-0.3, -0.25) is 9.59 Å². The van der Waals surface area contributed by atoms with Crippen LogP contribution in [-0.2, 0) is 44.1 Å². The lowest BCUT2D eigenvalue weighted by Gasteiger charge is -2.27. The largest absolute Gasteiger partial charge is 0.497 e. The van der Waals surface area contributed by atoms with Crippen LogP contribution in [0.3, 0.4) is 0 Å². The van der Waals surface area contributed by atoms with Crippen molar-refractivity contribution >= 4 is 46.3 Å². The minimum Gasteiger partial charge on any atom is -0.497 e. The molecule has 1 aromatic heterocycles. The van der Waals surface area contributed by atoms with Crippen LogP contribution in [0.4, 0.5) is 10.5 Å². The van der Waals surface area contributed by atoms with Crippen molar-refractivity contribution in [2.24, 2.45) is 0 Å². The van der Waals surface area contributed by atoms with E-state index in [0.29, 0.717) is 24.5 Å². The molecule has 0 saturated carbocycles. The van der Waals surface area contributed by atoms with E-state index in [1.54, 1.807) is 71.0 Å². The van der Waals surface area contributed by atoms with Crippen LogP contribution < -0.4 is 15.0 Å². The first-order valence-corrected chi connectivity index (χ1v) is 16.9. The van der Waals surface area contributed by atoms with E-state index in [9.17, 15) is 14.4 Å². The monoisotopic (exact) mass is 659 g/mol. The first kappa shape index (κ1) is 35.4. The van der Waals surface area contributed by atoms with Crippen LogP contribution >= 0.6 is 11.8 Å². The van der Waals surface area contributed by atoms with Crippen LogP contribution in [-0.4, -0.2) is 61.1 Å². The fourth-order valence-electron chi connectivity index (χ4n) is 5.27. The average molecular weight is 660 g/mol. The Morgan fingerprint density at radius 3 is 2.40 bits per heavy atom. The number of thioether (sulfide) groups is 1. The van der Waals surface area contributed by atoms with E-state index in [2.05, 4.69) is 22.4 Å². The Morgan fingerprint density at radius 2 is 1.70 bits per heavy atom. The second-order valence-electron chi connectivity index (χ2n) is 12.2. The van der Waals surface area contributed by atoms with E-state index >= 15 is 0 Å². The van der Waals surface area contributed by atoms with E-state index in [4.69, 9.17) is 14.2 Å². The van der Waals surface area contributed by atoms with Crippen molar-refractivity contribution in [2.75, 3.05) is 31.4 Å². The normalized spacial score (nSPS) is 12.0. The molecule has 0 aliphatic heterocycles. The Kier molecular flexibility index (Phi) is 12.4. The molecule has 4 rings (SSSR count). The Hall–Kier alpha value is -4.44. The number of fused-ring (bicyclic) bond motifs is 1. The summed E-state index contributed by atoms with van der Waals surface area (Å²) in [5, 5.41) is 3.85. The number of alkyl carbamates (subject to hydrolysis) is 1. The molecule has 1 atom stereocenters. The molecular weight excluding hydrogens is 614 g/mol. The molecule has 1 heterocycles. The number of anilines is 1. The van der Waals surface area contributed by atoms with Gasteiger partial charge in [0.2, 0.25) is 5.91 Å². The minimum absolute atomic E-state index is 0.228. The molecule has 2 amide bonds. The number of methoxy groups -OCH3 is 1. The Morgan fingerprint density at radius 1 is 0.979 bits per heavy atom.